The number of carbonyl (C=O) groups is 1. The molecule has 0 fully saturated rings. The molecule has 0 aliphatic carbocycles. The molecule has 1 aromatic carbocycles. The van der Waals surface area contributed by atoms with E-state index in [1.165, 1.54) is 0 Å². The summed E-state index contributed by atoms with van der Waals surface area (Å²) in [5.74, 6) is -1.54. The highest BCUT2D eigenvalue weighted by Gasteiger charge is 2.35. The van der Waals surface area contributed by atoms with E-state index in [4.69, 9.17) is 28.3 Å². The quantitative estimate of drug-likeness (QED) is 0.796. The molecule has 0 saturated carbocycles. The summed E-state index contributed by atoms with van der Waals surface area (Å²) in [6.07, 6.45) is -3.87. The number of carboxylic acid groups (broad SMARTS) is 1. The van der Waals surface area contributed by atoms with Crippen LogP contribution in [0.1, 0.15) is 16.1 Å². The minimum absolute atomic E-state index is 0.0564. The van der Waals surface area contributed by atoms with Gasteiger partial charge in [-0.3, -0.25) is 4.31 Å². The number of sulfonamides is 1. The number of anilines is 1. The molecule has 2 rings (SSSR count). The lowest BCUT2D eigenvalue weighted by atomic mass is 10.2. The summed E-state index contributed by atoms with van der Waals surface area (Å²) in [6.45, 7) is 0. The highest BCUT2D eigenvalue weighted by atomic mass is 35.5. The van der Waals surface area contributed by atoms with Gasteiger partial charge in [0.25, 0.3) is 10.0 Å². The smallest absolute Gasteiger partial charge is 0.417 e. The molecule has 0 saturated heterocycles. The first-order valence-corrected chi connectivity index (χ1v) is 8.80. The van der Waals surface area contributed by atoms with Crippen molar-refractivity contribution in [2.24, 2.45) is 0 Å². The lowest BCUT2D eigenvalue weighted by Gasteiger charge is -2.21. The second-order valence-corrected chi connectivity index (χ2v) is 7.75. The first-order valence-electron chi connectivity index (χ1n) is 6.60. The largest absolute Gasteiger partial charge is 0.476 e. The van der Waals surface area contributed by atoms with E-state index in [9.17, 15) is 26.4 Å². The van der Waals surface area contributed by atoms with Crippen LogP contribution in [0.4, 0.5) is 18.9 Å². The van der Waals surface area contributed by atoms with E-state index in [-0.39, 0.29) is 5.02 Å². The normalized spacial score (nSPS) is 12.1. The standard InChI is InChI=1S/C14H9Cl2F3N2O4S/c1-21(11-4-7(15)6-20-12(11)13(22)23)26(24,25)8-2-3-10(16)9(5-8)14(17,18)19/h2-6H,1H3,(H,22,23). The van der Waals surface area contributed by atoms with Gasteiger partial charge in [-0.25, -0.2) is 18.2 Å². The minimum atomic E-state index is -4.87. The van der Waals surface area contributed by atoms with Crippen molar-refractivity contribution < 1.29 is 31.5 Å². The molecule has 1 N–H and O–H groups in total. The predicted octanol–water partition coefficient (Wildman–Crippen LogP) is 3.93. The Balaban J connectivity index is 2.62. The van der Waals surface area contributed by atoms with Gasteiger partial charge < -0.3 is 5.11 Å². The van der Waals surface area contributed by atoms with Crippen LogP contribution in [-0.2, 0) is 16.2 Å². The van der Waals surface area contributed by atoms with Crippen molar-refractivity contribution in [3.63, 3.8) is 0 Å². The first-order chi connectivity index (χ1) is 11.9. The molecule has 0 amide bonds. The molecule has 0 aliphatic rings. The fourth-order valence-electron chi connectivity index (χ4n) is 2.00. The summed E-state index contributed by atoms with van der Waals surface area (Å²) in [4.78, 5) is 14.0. The van der Waals surface area contributed by atoms with Crippen molar-refractivity contribution in [2.75, 3.05) is 11.4 Å². The zero-order valence-electron chi connectivity index (χ0n) is 12.8. The Morgan fingerprint density at radius 2 is 1.85 bits per heavy atom. The molecule has 1 heterocycles. The highest BCUT2D eigenvalue weighted by Crippen LogP contribution is 2.37. The SMILES string of the molecule is CN(c1cc(Cl)cnc1C(=O)O)S(=O)(=O)c1ccc(Cl)c(C(F)(F)F)c1. The Labute approximate surface area is 155 Å². The van der Waals surface area contributed by atoms with Crippen LogP contribution in [0.2, 0.25) is 10.0 Å². The molecule has 2 aromatic rings. The van der Waals surface area contributed by atoms with E-state index in [1.807, 2.05) is 0 Å². The molecule has 0 aliphatic heterocycles. The number of nitrogens with zero attached hydrogens (tertiary/aromatic N) is 2. The molecule has 26 heavy (non-hydrogen) atoms. The number of aromatic carboxylic acids is 1. The van der Waals surface area contributed by atoms with Crippen molar-refractivity contribution in [3.05, 3.63) is 51.8 Å². The van der Waals surface area contributed by atoms with E-state index in [2.05, 4.69) is 4.98 Å². The number of aromatic nitrogens is 1. The highest BCUT2D eigenvalue weighted by molar-refractivity contribution is 7.92. The number of hydrogen-bond donors (Lipinski definition) is 1. The van der Waals surface area contributed by atoms with Crippen molar-refractivity contribution in [2.45, 2.75) is 11.1 Å². The van der Waals surface area contributed by atoms with Crippen LogP contribution < -0.4 is 4.31 Å². The number of pyridine rings is 1. The molecule has 140 valence electrons. The van der Waals surface area contributed by atoms with Gasteiger partial charge in [-0.15, -0.1) is 0 Å². The molecular formula is C14H9Cl2F3N2O4S. The number of rotatable bonds is 4. The van der Waals surface area contributed by atoms with Gasteiger partial charge in [0.1, 0.15) is 0 Å². The van der Waals surface area contributed by atoms with Crippen LogP contribution in [0.5, 0.6) is 0 Å². The zero-order valence-corrected chi connectivity index (χ0v) is 15.1. The molecule has 0 atom stereocenters. The molecule has 6 nitrogen and oxygen atoms in total. The third kappa shape index (κ3) is 3.87. The Kier molecular flexibility index (Phi) is 5.41. The van der Waals surface area contributed by atoms with Crippen LogP contribution in [0.25, 0.3) is 0 Å². The Hall–Kier alpha value is -2.04. The Morgan fingerprint density at radius 1 is 1.23 bits per heavy atom. The van der Waals surface area contributed by atoms with Crippen LogP contribution >= 0.6 is 23.2 Å². The second-order valence-electron chi connectivity index (χ2n) is 4.94. The van der Waals surface area contributed by atoms with Gasteiger partial charge >= 0.3 is 12.1 Å². The monoisotopic (exact) mass is 428 g/mol. The average Bonchev–Trinajstić information content (AvgIpc) is 2.52. The van der Waals surface area contributed by atoms with Gasteiger partial charge in [-0.05, 0) is 24.3 Å². The van der Waals surface area contributed by atoms with Crippen molar-refractivity contribution in [3.8, 4) is 0 Å². The summed E-state index contributed by atoms with van der Waals surface area (Å²) >= 11 is 11.2. The molecule has 12 heteroatoms. The maximum atomic E-state index is 13.0. The fourth-order valence-corrected chi connectivity index (χ4v) is 3.60. The summed E-state index contributed by atoms with van der Waals surface area (Å²) in [7, 11) is -3.58. The van der Waals surface area contributed by atoms with Crippen molar-refractivity contribution >= 4 is 44.9 Å². The topological polar surface area (TPSA) is 87.6 Å². The molecule has 0 spiro atoms. The van der Waals surface area contributed by atoms with Gasteiger partial charge in [0, 0.05) is 13.2 Å². The van der Waals surface area contributed by atoms with E-state index < -0.39 is 49.0 Å². The third-order valence-corrected chi connectivity index (χ3v) is 5.58. The number of carboxylic acids is 1. The Morgan fingerprint density at radius 3 is 2.38 bits per heavy atom. The van der Waals surface area contributed by atoms with E-state index in [1.54, 1.807) is 0 Å². The molecular weight excluding hydrogens is 420 g/mol. The van der Waals surface area contributed by atoms with E-state index in [0.29, 0.717) is 10.4 Å². The lowest BCUT2D eigenvalue weighted by Crippen LogP contribution is -2.29. The number of hydrogen-bond acceptors (Lipinski definition) is 4. The maximum absolute atomic E-state index is 13.0. The summed E-state index contributed by atoms with van der Waals surface area (Å²) in [5, 5.41) is 8.41. The minimum Gasteiger partial charge on any atom is -0.476 e. The van der Waals surface area contributed by atoms with Gasteiger partial charge in [0.2, 0.25) is 0 Å². The van der Waals surface area contributed by atoms with Crippen molar-refractivity contribution in [1.29, 1.82) is 0 Å². The van der Waals surface area contributed by atoms with Crippen molar-refractivity contribution in [1.82, 2.24) is 4.98 Å². The lowest BCUT2D eigenvalue weighted by molar-refractivity contribution is -0.137. The van der Waals surface area contributed by atoms with Crippen LogP contribution in [0.15, 0.2) is 35.4 Å². The maximum Gasteiger partial charge on any atom is 0.417 e. The third-order valence-electron chi connectivity index (χ3n) is 3.28. The molecule has 0 unspecified atom stereocenters. The Bertz CT molecular complexity index is 981. The van der Waals surface area contributed by atoms with Gasteiger partial charge in [0.15, 0.2) is 5.69 Å². The van der Waals surface area contributed by atoms with Crippen LogP contribution in [0.3, 0.4) is 0 Å². The molecule has 0 radical (unpaired) electrons. The molecule has 1 aromatic heterocycles. The first kappa shape index (κ1) is 20.3. The summed E-state index contributed by atoms with van der Waals surface area (Å²) in [5.41, 5.74) is -2.38. The van der Waals surface area contributed by atoms with E-state index in [0.717, 1.165) is 31.4 Å². The van der Waals surface area contributed by atoms with Gasteiger partial charge in [0.05, 0.1) is 26.2 Å². The summed E-state index contributed by atoms with van der Waals surface area (Å²) < 4.78 is 64.7. The fraction of sp³-hybridized carbons (Fsp3) is 0.143. The van der Waals surface area contributed by atoms with Crippen LogP contribution in [0, 0.1) is 0 Å². The second kappa shape index (κ2) is 6.93. The molecule has 0 bridgehead atoms. The summed E-state index contributed by atoms with van der Waals surface area (Å²) in [6, 6.07) is 3.06. The number of alkyl halides is 3. The average molecular weight is 429 g/mol. The zero-order chi connectivity index (χ0) is 19.9. The number of benzene rings is 1. The van der Waals surface area contributed by atoms with Crippen LogP contribution in [-0.4, -0.2) is 31.5 Å². The van der Waals surface area contributed by atoms with Gasteiger partial charge in [-0.2, -0.15) is 13.2 Å². The number of halogens is 5. The predicted molar refractivity (Wildman–Crippen MR) is 88.2 cm³/mol. The van der Waals surface area contributed by atoms with Gasteiger partial charge in [-0.1, -0.05) is 23.2 Å². The van der Waals surface area contributed by atoms with E-state index >= 15 is 0 Å².